The lowest BCUT2D eigenvalue weighted by molar-refractivity contribution is -0.123. The Morgan fingerprint density at radius 2 is 2.26 bits per heavy atom. The molecule has 1 aliphatic carbocycles. The van der Waals surface area contributed by atoms with Gasteiger partial charge in [0, 0.05) is 10.4 Å². The number of rotatable bonds is 6. The lowest BCUT2D eigenvalue weighted by atomic mass is 9.89. The quantitative estimate of drug-likeness (QED) is 0.470. The second-order valence-electron chi connectivity index (χ2n) is 7.87. The summed E-state index contributed by atoms with van der Waals surface area (Å²) in [6.45, 7) is 6.36. The average molecular weight is 439 g/mol. The largest absolute Gasteiger partial charge is 0.493 e. The zero-order valence-corrected chi connectivity index (χ0v) is 18.7. The Labute approximate surface area is 184 Å². The number of fused-ring (bicyclic) bond motifs is 3. The molecule has 0 bridgehead atoms. The first kappa shape index (κ1) is 21.2. The number of hydrazone groups is 1. The molecule has 162 valence electrons. The molecule has 2 aromatic heterocycles. The first-order chi connectivity index (χ1) is 15.0. The fourth-order valence-electron chi connectivity index (χ4n) is 3.88. The monoisotopic (exact) mass is 438 g/mol. The number of nitrogens with one attached hydrogen (secondary N) is 1. The molecule has 0 saturated carbocycles. The summed E-state index contributed by atoms with van der Waals surface area (Å²) < 4.78 is 6.95. The summed E-state index contributed by atoms with van der Waals surface area (Å²) in [6, 6.07) is 6.71. The van der Waals surface area contributed by atoms with Crippen LogP contribution in [0.25, 0.3) is 10.2 Å². The van der Waals surface area contributed by atoms with Gasteiger partial charge in [0.25, 0.3) is 11.5 Å². The number of thiophene rings is 1. The molecule has 1 aliphatic rings. The van der Waals surface area contributed by atoms with E-state index in [1.807, 2.05) is 31.2 Å². The van der Waals surface area contributed by atoms with Crippen molar-refractivity contribution in [3.63, 3.8) is 0 Å². The molecule has 4 rings (SSSR count). The van der Waals surface area contributed by atoms with Gasteiger partial charge in [0.1, 0.15) is 16.6 Å². The number of carbonyl (C=O) groups excluding carboxylic acids is 1. The summed E-state index contributed by atoms with van der Waals surface area (Å²) in [5.74, 6) is 0.933. The summed E-state index contributed by atoms with van der Waals surface area (Å²) in [5, 5.41) is 4.72. The van der Waals surface area contributed by atoms with Crippen molar-refractivity contribution in [1.82, 2.24) is 15.0 Å². The van der Waals surface area contributed by atoms with Crippen molar-refractivity contribution in [2.75, 3.05) is 6.61 Å². The zero-order chi connectivity index (χ0) is 22.0. The van der Waals surface area contributed by atoms with Crippen LogP contribution in [0.2, 0.25) is 0 Å². The first-order valence-corrected chi connectivity index (χ1v) is 11.4. The van der Waals surface area contributed by atoms with Crippen molar-refractivity contribution < 1.29 is 9.53 Å². The topological polar surface area (TPSA) is 85.6 Å². The molecule has 8 heteroatoms. The second-order valence-corrected chi connectivity index (χ2v) is 8.95. The second kappa shape index (κ2) is 9.01. The Morgan fingerprint density at radius 3 is 3.06 bits per heavy atom. The third-order valence-electron chi connectivity index (χ3n) is 5.63. The molecule has 1 aromatic carbocycles. The van der Waals surface area contributed by atoms with Gasteiger partial charge in [0.2, 0.25) is 0 Å². The number of ether oxygens (including phenoxy) is 1. The molecule has 0 unspecified atom stereocenters. The predicted molar refractivity (Wildman–Crippen MR) is 123 cm³/mol. The van der Waals surface area contributed by atoms with Crippen molar-refractivity contribution in [2.45, 2.75) is 46.1 Å². The molecule has 0 fully saturated rings. The number of benzene rings is 1. The zero-order valence-electron chi connectivity index (χ0n) is 17.9. The minimum absolute atomic E-state index is 0.162. The van der Waals surface area contributed by atoms with Crippen LogP contribution >= 0.6 is 11.3 Å². The molecule has 0 radical (unpaired) electrons. The highest BCUT2D eigenvalue weighted by molar-refractivity contribution is 7.18. The molecule has 3 aromatic rings. The van der Waals surface area contributed by atoms with Gasteiger partial charge in [-0.2, -0.15) is 5.10 Å². The van der Waals surface area contributed by atoms with Gasteiger partial charge in [0.15, 0.2) is 0 Å². The lowest BCUT2D eigenvalue weighted by Gasteiger charge is -2.18. The molecule has 0 saturated heterocycles. The van der Waals surface area contributed by atoms with E-state index >= 15 is 0 Å². The Hall–Kier alpha value is -3.00. The van der Waals surface area contributed by atoms with Crippen LogP contribution < -0.4 is 15.7 Å². The van der Waals surface area contributed by atoms with E-state index in [1.54, 1.807) is 18.3 Å². The predicted octanol–water partition coefficient (Wildman–Crippen LogP) is 3.69. The standard InChI is InChI=1S/C23H26N4O3S/c1-4-30-18-8-6-5-7-16(18)12-25-26-21(28)15(3)27-13-24-22-20(23(27)29)17-10-9-14(2)11-19(17)31-22/h5-8,12-15H,4,9-11H2,1-3H3,(H,26,28)/t14-,15-/m0/s1. The van der Waals surface area contributed by atoms with Gasteiger partial charge in [-0.25, -0.2) is 10.4 Å². The third kappa shape index (κ3) is 4.25. The van der Waals surface area contributed by atoms with Gasteiger partial charge in [-0.1, -0.05) is 19.1 Å². The van der Waals surface area contributed by atoms with Crippen LogP contribution in [0.4, 0.5) is 0 Å². The summed E-state index contributed by atoms with van der Waals surface area (Å²) >= 11 is 1.60. The molecule has 1 amide bonds. The number of aromatic nitrogens is 2. The fourth-order valence-corrected chi connectivity index (χ4v) is 5.22. The van der Waals surface area contributed by atoms with E-state index in [0.29, 0.717) is 23.7 Å². The van der Waals surface area contributed by atoms with E-state index in [0.717, 1.165) is 35.2 Å². The molecule has 0 aliphatic heterocycles. The van der Waals surface area contributed by atoms with Crippen LogP contribution in [0, 0.1) is 5.92 Å². The van der Waals surface area contributed by atoms with Crippen LogP contribution in [0.15, 0.2) is 40.5 Å². The maximum absolute atomic E-state index is 13.2. The molecule has 2 atom stereocenters. The highest BCUT2D eigenvalue weighted by Gasteiger charge is 2.25. The third-order valence-corrected chi connectivity index (χ3v) is 6.80. The maximum Gasteiger partial charge on any atom is 0.263 e. The van der Waals surface area contributed by atoms with Gasteiger partial charge in [0.05, 0.1) is 24.5 Å². The normalized spacial score (nSPS) is 16.9. The average Bonchev–Trinajstić information content (AvgIpc) is 3.13. The number of aryl methyl sites for hydroxylation is 1. The summed E-state index contributed by atoms with van der Waals surface area (Å²) in [7, 11) is 0. The molecule has 0 spiro atoms. The number of hydrogen-bond donors (Lipinski definition) is 1. The van der Waals surface area contributed by atoms with Gasteiger partial charge in [-0.3, -0.25) is 14.2 Å². The van der Waals surface area contributed by atoms with Crippen molar-refractivity contribution >= 4 is 33.7 Å². The lowest BCUT2D eigenvalue weighted by Crippen LogP contribution is -2.34. The molecule has 2 heterocycles. The Morgan fingerprint density at radius 1 is 1.45 bits per heavy atom. The number of nitrogens with zero attached hydrogens (tertiary/aromatic N) is 3. The molecule has 1 N–H and O–H groups in total. The highest BCUT2D eigenvalue weighted by atomic mass is 32.1. The van der Waals surface area contributed by atoms with Gasteiger partial charge >= 0.3 is 0 Å². The first-order valence-electron chi connectivity index (χ1n) is 10.6. The highest BCUT2D eigenvalue weighted by Crippen LogP contribution is 2.35. The maximum atomic E-state index is 13.2. The summed E-state index contributed by atoms with van der Waals surface area (Å²) in [4.78, 5) is 32.4. The van der Waals surface area contributed by atoms with Crippen molar-refractivity contribution in [3.8, 4) is 5.75 Å². The van der Waals surface area contributed by atoms with Crippen LogP contribution in [0.5, 0.6) is 5.75 Å². The van der Waals surface area contributed by atoms with Crippen LogP contribution in [-0.4, -0.2) is 28.3 Å². The summed E-state index contributed by atoms with van der Waals surface area (Å²) in [5.41, 5.74) is 4.24. The van der Waals surface area contributed by atoms with E-state index < -0.39 is 6.04 Å². The van der Waals surface area contributed by atoms with Gasteiger partial charge in [-0.05, 0) is 56.7 Å². The van der Waals surface area contributed by atoms with E-state index in [2.05, 4.69) is 22.4 Å². The van der Waals surface area contributed by atoms with Crippen LogP contribution in [0.1, 0.15) is 49.2 Å². The number of amides is 1. The minimum Gasteiger partial charge on any atom is -0.493 e. The van der Waals surface area contributed by atoms with Crippen molar-refractivity contribution in [3.05, 3.63) is 57.0 Å². The van der Waals surface area contributed by atoms with Crippen molar-refractivity contribution in [2.24, 2.45) is 11.0 Å². The van der Waals surface area contributed by atoms with E-state index in [1.165, 1.54) is 22.0 Å². The Balaban J connectivity index is 1.54. The molecular weight excluding hydrogens is 412 g/mol. The number of carbonyl (C=O) groups is 1. The van der Waals surface area contributed by atoms with Gasteiger partial charge < -0.3 is 4.74 Å². The fraction of sp³-hybridized carbons (Fsp3) is 0.391. The summed E-state index contributed by atoms with van der Waals surface area (Å²) in [6.07, 6.45) is 5.96. The van der Waals surface area contributed by atoms with E-state index in [9.17, 15) is 9.59 Å². The molecule has 7 nitrogen and oxygen atoms in total. The smallest absolute Gasteiger partial charge is 0.263 e. The molecular formula is C23H26N4O3S. The number of hydrogen-bond acceptors (Lipinski definition) is 6. The van der Waals surface area contributed by atoms with E-state index in [-0.39, 0.29) is 11.5 Å². The van der Waals surface area contributed by atoms with Gasteiger partial charge in [-0.15, -0.1) is 11.3 Å². The Bertz CT molecular complexity index is 1200. The van der Waals surface area contributed by atoms with Crippen molar-refractivity contribution in [1.29, 1.82) is 0 Å². The molecule has 31 heavy (non-hydrogen) atoms. The SMILES string of the molecule is CCOc1ccccc1C=NNC(=O)[C@H](C)n1cnc2sc3c(c2c1=O)CC[C@H](C)C3. The van der Waals surface area contributed by atoms with Crippen LogP contribution in [-0.2, 0) is 17.6 Å². The van der Waals surface area contributed by atoms with Crippen LogP contribution in [0.3, 0.4) is 0 Å². The Kier molecular flexibility index (Phi) is 6.18. The number of para-hydroxylation sites is 1. The van der Waals surface area contributed by atoms with E-state index in [4.69, 9.17) is 4.74 Å². The minimum atomic E-state index is -0.734.